The Morgan fingerprint density at radius 2 is 1.70 bits per heavy atom. The van der Waals surface area contributed by atoms with E-state index in [1.807, 2.05) is 47.0 Å². The standard InChI is InChI=1S/C22H25N5O2S/c1-22(2,3)17-11-9-16(10-12-17)19-25-26-21(30-14-18(28)24-20(23)29)27(19)13-15-7-5-4-6-8-15/h4-12H,13-14H2,1-3H3,(H3,23,24,28,29). The lowest BCUT2D eigenvalue weighted by Crippen LogP contribution is -2.36. The van der Waals surface area contributed by atoms with Crippen LogP contribution in [0, 0.1) is 0 Å². The normalized spacial score (nSPS) is 11.3. The van der Waals surface area contributed by atoms with Crippen LogP contribution in [0.25, 0.3) is 11.4 Å². The molecule has 0 aliphatic rings. The van der Waals surface area contributed by atoms with E-state index in [0.29, 0.717) is 11.7 Å². The molecular formula is C22H25N5O2S. The number of nitrogens with zero attached hydrogens (tertiary/aromatic N) is 3. The molecule has 0 spiro atoms. The van der Waals surface area contributed by atoms with Crippen molar-refractivity contribution in [1.82, 2.24) is 20.1 Å². The van der Waals surface area contributed by atoms with Crippen LogP contribution < -0.4 is 11.1 Å². The second-order valence-electron chi connectivity index (χ2n) is 7.91. The minimum atomic E-state index is -0.869. The summed E-state index contributed by atoms with van der Waals surface area (Å²) in [5, 5.41) is 11.3. The van der Waals surface area contributed by atoms with E-state index in [0.717, 1.165) is 17.0 Å². The van der Waals surface area contributed by atoms with Crippen LogP contribution in [0.3, 0.4) is 0 Å². The summed E-state index contributed by atoms with van der Waals surface area (Å²) in [5.74, 6) is 0.258. The molecule has 3 N–H and O–H groups in total. The first-order chi connectivity index (χ1) is 14.2. The summed E-state index contributed by atoms with van der Waals surface area (Å²) in [4.78, 5) is 22.7. The number of nitrogens with two attached hydrogens (primary N) is 1. The molecule has 3 rings (SSSR count). The van der Waals surface area contributed by atoms with Crippen LogP contribution in [0.15, 0.2) is 59.8 Å². The number of imide groups is 1. The van der Waals surface area contributed by atoms with Gasteiger partial charge in [0.25, 0.3) is 0 Å². The molecule has 8 heteroatoms. The third-order valence-corrected chi connectivity index (χ3v) is 5.47. The van der Waals surface area contributed by atoms with E-state index in [1.165, 1.54) is 17.3 Å². The fraction of sp³-hybridized carbons (Fsp3) is 0.273. The number of hydrogen-bond acceptors (Lipinski definition) is 5. The van der Waals surface area contributed by atoms with Gasteiger partial charge in [0, 0.05) is 5.56 Å². The molecule has 0 aliphatic heterocycles. The van der Waals surface area contributed by atoms with Crippen molar-refractivity contribution in [3.05, 3.63) is 65.7 Å². The third-order valence-electron chi connectivity index (χ3n) is 4.50. The van der Waals surface area contributed by atoms with E-state index >= 15 is 0 Å². The van der Waals surface area contributed by atoms with Crippen LogP contribution in [0.2, 0.25) is 0 Å². The van der Waals surface area contributed by atoms with E-state index in [4.69, 9.17) is 5.73 Å². The van der Waals surface area contributed by atoms with Crippen LogP contribution in [-0.4, -0.2) is 32.5 Å². The Balaban J connectivity index is 1.91. The van der Waals surface area contributed by atoms with Crippen molar-refractivity contribution in [1.29, 1.82) is 0 Å². The van der Waals surface area contributed by atoms with E-state index in [-0.39, 0.29) is 11.2 Å². The second kappa shape index (κ2) is 9.13. The quantitative estimate of drug-likeness (QED) is 0.590. The third kappa shape index (κ3) is 5.48. The summed E-state index contributed by atoms with van der Waals surface area (Å²) >= 11 is 1.21. The van der Waals surface area contributed by atoms with E-state index < -0.39 is 11.9 Å². The monoisotopic (exact) mass is 423 g/mol. The molecule has 3 amide bonds. The first kappa shape index (κ1) is 21.6. The highest BCUT2D eigenvalue weighted by atomic mass is 32.2. The molecule has 0 radical (unpaired) electrons. The lowest BCUT2D eigenvalue weighted by Gasteiger charge is -2.19. The maximum Gasteiger partial charge on any atom is 0.318 e. The Hall–Kier alpha value is -3.13. The number of carbonyl (C=O) groups excluding carboxylic acids is 2. The summed E-state index contributed by atoms with van der Waals surface area (Å²) in [7, 11) is 0. The van der Waals surface area contributed by atoms with Gasteiger partial charge in [-0.15, -0.1) is 10.2 Å². The Morgan fingerprint density at radius 3 is 2.30 bits per heavy atom. The van der Waals surface area contributed by atoms with E-state index in [1.54, 1.807) is 0 Å². The van der Waals surface area contributed by atoms with Crippen LogP contribution in [0.5, 0.6) is 0 Å². The van der Waals surface area contributed by atoms with Crippen LogP contribution in [-0.2, 0) is 16.8 Å². The van der Waals surface area contributed by atoms with Gasteiger partial charge in [-0.2, -0.15) is 0 Å². The molecule has 2 aromatic carbocycles. The summed E-state index contributed by atoms with van der Waals surface area (Å²) in [6, 6.07) is 17.4. The fourth-order valence-electron chi connectivity index (χ4n) is 2.94. The summed E-state index contributed by atoms with van der Waals surface area (Å²) in [6.45, 7) is 7.08. The van der Waals surface area contributed by atoms with Gasteiger partial charge in [-0.3, -0.25) is 14.7 Å². The number of nitrogens with one attached hydrogen (secondary N) is 1. The predicted molar refractivity (Wildman–Crippen MR) is 118 cm³/mol. The SMILES string of the molecule is CC(C)(C)c1ccc(-c2nnc(SCC(=O)NC(N)=O)n2Cc2ccccc2)cc1. The summed E-state index contributed by atoms with van der Waals surface area (Å²) in [6.07, 6.45) is 0. The smallest absolute Gasteiger partial charge is 0.318 e. The minimum absolute atomic E-state index is 0.0127. The van der Waals surface area contributed by atoms with Gasteiger partial charge in [-0.05, 0) is 16.5 Å². The molecule has 156 valence electrons. The molecule has 0 saturated carbocycles. The van der Waals surface area contributed by atoms with Crippen molar-refractivity contribution in [2.45, 2.75) is 37.9 Å². The van der Waals surface area contributed by atoms with Crippen molar-refractivity contribution in [3.8, 4) is 11.4 Å². The molecule has 1 heterocycles. The number of benzene rings is 2. The van der Waals surface area contributed by atoms with E-state index in [9.17, 15) is 9.59 Å². The molecule has 0 aliphatic carbocycles. The number of thioether (sulfide) groups is 1. The molecule has 3 aromatic rings. The van der Waals surface area contributed by atoms with Crippen molar-refractivity contribution in [2.24, 2.45) is 5.73 Å². The van der Waals surface area contributed by atoms with Gasteiger partial charge in [0.2, 0.25) is 5.91 Å². The van der Waals surface area contributed by atoms with Gasteiger partial charge in [0.15, 0.2) is 11.0 Å². The molecule has 0 bridgehead atoms. The topological polar surface area (TPSA) is 103 Å². The number of primary amides is 1. The van der Waals surface area contributed by atoms with Crippen LogP contribution >= 0.6 is 11.8 Å². The minimum Gasteiger partial charge on any atom is -0.351 e. The average Bonchev–Trinajstić information content (AvgIpc) is 3.08. The van der Waals surface area contributed by atoms with Crippen molar-refractivity contribution in [3.63, 3.8) is 0 Å². The van der Waals surface area contributed by atoms with Gasteiger partial charge in [-0.25, -0.2) is 4.79 Å². The number of rotatable bonds is 6. The maximum atomic E-state index is 11.8. The van der Waals surface area contributed by atoms with Gasteiger partial charge in [0.1, 0.15) is 0 Å². The Labute approximate surface area is 180 Å². The highest BCUT2D eigenvalue weighted by molar-refractivity contribution is 7.99. The number of hydrogen-bond donors (Lipinski definition) is 2. The Kier molecular flexibility index (Phi) is 6.56. The van der Waals surface area contributed by atoms with Crippen molar-refractivity contribution >= 4 is 23.7 Å². The average molecular weight is 424 g/mol. The van der Waals surface area contributed by atoms with E-state index in [2.05, 4.69) is 48.4 Å². The summed E-state index contributed by atoms with van der Waals surface area (Å²) < 4.78 is 1.98. The number of urea groups is 1. The number of amides is 3. The molecule has 0 saturated heterocycles. The highest BCUT2D eigenvalue weighted by Gasteiger charge is 2.18. The van der Waals surface area contributed by atoms with Gasteiger partial charge in [0.05, 0.1) is 12.3 Å². The first-order valence-electron chi connectivity index (χ1n) is 9.54. The zero-order valence-corrected chi connectivity index (χ0v) is 18.1. The molecule has 1 aromatic heterocycles. The second-order valence-corrected chi connectivity index (χ2v) is 8.85. The van der Waals surface area contributed by atoms with Gasteiger partial charge in [-0.1, -0.05) is 87.1 Å². The van der Waals surface area contributed by atoms with Gasteiger partial charge >= 0.3 is 6.03 Å². The largest absolute Gasteiger partial charge is 0.351 e. The Morgan fingerprint density at radius 1 is 1.03 bits per heavy atom. The maximum absolute atomic E-state index is 11.8. The molecule has 30 heavy (non-hydrogen) atoms. The zero-order valence-electron chi connectivity index (χ0n) is 17.3. The van der Waals surface area contributed by atoms with Gasteiger partial charge < -0.3 is 5.73 Å². The molecule has 7 nitrogen and oxygen atoms in total. The number of carbonyl (C=O) groups is 2. The highest BCUT2D eigenvalue weighted by Crippen LogP contribution is 2.28. The molecule has 0 unspecified atom stereocenters. The summed E-state index contributed by atoms with van der Waals surface area (Å²) in [5.41, 5.74) is 8.33. The Bertz CT molecular complexity index is 1020. The molecule has 0 fully saturated rings. The number of aromatic nitrogens is 3. The first-order valence-corrected chi connectivity index (χ1v) is 10.5. The molecule has 0 atom stereocenters. The van der Waals surface area contributed by atoms with Crippen molar-refractivity contribution < 1.29 is 9.59 Å². The molecular weight excluding hydrogens is 398 g/mol. The fourth-order valence-corrected chi connectivity index (χ4v) is 3.68. The zero-order chi connectivity index (χ0) is 21.7. The lowest BCUT2D eigenvalue weighted by atomic mass is 9.87. The predicted octanol–water partition coefficient (Wildman–Crippen LogP) is 3.58. The van der Waals surface area contributed by atoms with Crippen LogP contribution in [0.4, 0.5) is 4.79 Å². The van der Waals surface area contributed by atoms with Crippen molar-refractivity contribution in [2.75, 3.05) is 5.75 Å². The van der Waals surface area contributed by atoms with Crippen LogP contribution in [0.1, 0.15) is 31.9 Å². The lowest BCUT2D eigenvalue weighted by molar-refractivity contribution is -0.117.